The van der Waals surface area contributed by atoms with E-state index in [0.29, 0.717) is 12.2 Å². The topological polar surface area (TPSA) is 124 Å². The smallest absolute Gasteiger partial charge is 0.339 e. The van der Waals surface area contributed by atoms with E-state index in [1.807, 2.05) is 19.1 Å². The molecule has 0 N–H and O–H groups in total. The number of hydrogen-bond donors (Lipinski definition) is 0. The zero-order valence-corrected chi connectivity index (χ0v) is 18.7. The Balaban J connectivity index is 2.52. The highest BCUT2D eigenvalue weighted by Crippen LogP contribution is 2.32. The van der Waals surface area contributed by atoms with E-state index < -0.39 is 54.6 Å². The van der Waals surface area contributed by atoms with Crippen molar-refractivity contribution in [1.29, 1.82) is 0 Å². The van der Waals surface area contributed by atoms with Crippen molar-refractivity contribution >= 4 is 23.9 Å². The minimum absolute atomic E-state index is 0.438. The molecule has 0 aliphatic carbocycles. The number of methoxy groups -OCH3 is 1. The molecule has 0 unspecified atom stereocenters. The molecule has 0 amide bonds. The quantitative estimate of drug-likeness (QED) is 0.425. The lowest BCUT2D eigenvalue weighted by molar-refractivity contribution is -0.282. The summed E-state index contributed by atoms with van der Waals surface area (Å²) in [5.74, 6) is -2.68. The molecule has 0 saturated carbocycles. The summed E-state index contributed by atoms with van der Waals surface area (Å²) in [6.07, 6.45) is -5.48. The average molecular weight is 452 g/mol. The fourth-order valence-corrected chi connectivity index (χ4v) is 3.39. The van der Waals surface area contributed by atoms with Crippen molar-refractivity contribution in [2.45, 2.75) is 71.2 Å². The van der Waals surface area contributed by atoms with Gasteiger partial charge in [0.05, 0.1) is 7.11 Å². The number of carbonyl (C=O) groups is 4. The minimum atomic E-state index is -1.50. The number of carbonyl (C=O) groups excluding carboxylic acids is 4. The van der Waals surface area contributed by atoms with Crippen molar-refractivity contribution in [2.24, 2.45) is 0 Å². The lowest BCUT2D eigenvalue weighted by atomic mass is 9.97. The molecule has 1 heterocycles. The maximum Gasteiger partial charge on any atom is 0.339 e. The number of rotatable bonds is 8. The number of esters is 4. The highest BCUT2D eigenvalue weighted by atomic mass is 16.7. The Morgan fingerprint density at radius 3 is 2.00 bits per heavy atom. The van der Waals surface area contributed by atoms with Crippen LogP contribution in [0, 0.1) is 0 Å². The standard InChI is InChI=1S/C22H28O10/c1-6-9-15-10-7-8-11-16(15)31-22-20(30-14(4)25)18(29-13(3)24)17(28-12(2)23)19(32-22)21(26)27-5/h7-8,10-11,17-20,22H,6,9H2,1-5H3/t17-,18-,19-,20+,22+/m0/s1. The van der Waals surface area contributed by atoms with E-state index in [4.69, 9.17) is 28.4 Å². The first-order chi connectivity index (χ1) is 15.2. The molecule has 0 aromatic heterocycles. The van der Waals surface area contributed by atoms with Crippen LogP contribution in [0.4, 0.5) is 0 Å². The van der Waals surface area contributed by atoms with Gasteiger partial charge in [-0.05, 0) is 18.1 Å². The van der Waals surface area contributed by atoms with E-state index in [9.17, 15) is 19.2 Å². The summed E-state index contributed by atoms with van der Waals surface area (Å²) in [5, 5.41) is 0. The number of para-hydroxylation sites is 1. The molecule has 0 bridgehead atoms. The van der Waals surface area contributed by atoms with Gasteiger partial charge in [-0.1, -0.05) is 31.5 Å². The number of benzene rings is 1. The molecule has 10 nitrogen and oxygen atoms in total. The minimum Gasteiger partial charge on any atom is -0.467 e. The summed E-state index contributed by atoms with van der Waals surface area (Å²) >= 11 is 0. The fraction of sp³-hybridized carbons (Fsp3) is 0.545. The van der Waals surface area contributed by atoms with E-state index in [1.54, 1.807) is 12.1 Å². The van der Waals surface area contributed by atoms with Crippen LogP contribution in [0.5, 0.6) is 5.75 Å². The van der Waals surface area contributed by atoms with E-state index in [-0.39, 0.29) is 0 Å². The summed E-state index contributed by atoms with van der Waals surface area (Å²) < 4.78 is 32.5. The molecule has 2 rings (SSSR count). The Morgan fingerprint density at radius 1 is 0.875 bits per heavy atom. The highest BCUT2D eigenvalue weighted by molar-refractivity contribution is 5.77. The predicted molar refractivity (Wildman–Crippen MR) is 108 cm³/mol. The SMILES string of the molecule is CCCc1ccccc1O[C@@H]1O[C@H](C(=O)OC)[C@@H](OC(C)=O)[C@H](OC(C)=O)[C@H]1OC(C)=O. The van der Waals surface area contributed by atoms with Crippen molar-refractivity contribution in [3.05, 3.63) is 29.8 Å². The zero-order chi connectivity index (χ0) is 23.8. The molecule has 1 aliphatic rings. The van der Waals surface area contributed by atoms with Crippen LogP contribution in [0.1, 0.15) is 39.7 Å². The van der Waals surface area contributed by atoms with Crippen LogP contribution in [0.15, 0.2) is 24.3 Å². The molecule has 1 aromatic rings. The van der Waals surface area contributed by atoms with Gasteiger partial charge in [0, 0.05) is 20.8 Å². The molecular weight excluding hydrogens is 424 g/mol. The van der Waals surface area contributed by atoms with Crippen LogP contribution in [0.2, 0.25) is 0 Å². The van der Waals surface area contributed by atoms with Gasteiger partial charge >= 0.3 is 23.9 Å². The van der Waals surface area contributed by atoms with Crippen LogP contribution in [0.3, 0.4) is 0 Å². The van der Waals surface area contributed by atoms with Crippen molar-refractivity contribution in [1.82, 2.24) is 0 Å². The molecule has 32 heavy (non-hydrogen) atoms. The monoisotopic (exact) mass is 452 g/mol. The van der Waals surface area contributed by atoms with Crippen LogP contribution >= 0.6 is 0 Å². The zero-order valence-electron chi connectivity index (χ0n) is 18.7. The lowest BCUT2D eigenvalue weighted by Crippen LogP contribution is -2.64. The maximum absolute atomic E-state index is 12.4. The molecule has 1 aliphatic heterocycles. The third-order valence-electron chi connectivity index (χ3n) is 4.57. The van der Waals surface area contributed by atoms with Crippen LogP contribution in [-0.2, 0) is 49.3 Å². The summed E-state index contributed by atoms with van der Waals surface area (Å²) in [7, 11) is 1.13. The van der Waals surface area contributed by atoms with E-state index >= 15 is 0 Å². The maximum atomic E-state index is 12.4. The van der Waals surface area contributed by atoms with Gasteiger partial charge in [-0.15, -0.1) is 0 Å². The normalized spacial score (nSPS) is 24.7. The van der Waals surface area contributed by atoms with Gasteiger partial charge in [0.1, 0.15) is 5.75 Å². The molecule has 5 atom stereocenters. The van der Waals surface area contributed by atoms with Gasteiger partial charge in [0.2, 0.25) is 12.4 Å². The Labute approximate surface area is 186 Å². The van der Waals surface area contributed by atoms with Crippen LogP contribution in [0.25, 0.3) is 0 Å². The average Bonchev–Trinajstić information content (AvgIpc) is 2.72. The number of hydrogen-bond acceptors (Lipinski definition) is 10. The summed E-state index contributed by atoms with van der Waals surface area (Å²) in [5.41, 5.74) is 0.862. The Hall–Kier alpha value is -3.14. The van der Waals surface area contributed by atoms with E-state index in [1.165, 1.54) is 0 Å². The Morgan fingerprint density at radius 2 is 1.44 bits per heavy atom. The summed E-state index contributed by atoms with van der Waals surface area (Å²) in [4.78, 5) is 47.8. The van der Waals surface area contributed by atoms with Gasteiger partial charge in [0.25, 0.3) is 0 Å². The first-order valence-corrected chi connectivity index (χ1v) is 10.2. The number of aryl methyl sites for hydroxylation is 1. The summed E-state index contributed by atoms with van der Waals surface area (Å²) in [6, 6.07) is 7.16. The van der Waals surface area contributed by atoms with Crippen molar-refractivity contribution in [3.63, 3.8) is 0 Å². The fourth-order valence-electron chi connectivity index (χ4n) is 3.39. The predicted octanol–water partition coefficient (Wildman–Crippen LogP) is 1.71. The van der Waals surface area contributed by atoms with Crippen molar-refractivity contribution in [2.75, 3.05) is 7.11 Å². The molecule has 10 heteroatoms. The van der Waals surface area contributed by atoms with Gasteiger partial charge in [-0.25, -0.2) is 4.79 Å². The molecule has 1 aromatic carbocycles. The van der Waals surface area contributed by atoms with Crippen molar-refractivity contribution < 1.29 is 47.6 Å². The van der Waals surface area contributed by atoms with Crippen LogP contribution < -0.4 is 4.74 Å². The van der Waals surface area contributed by atoms with Gasteiger partial charge in [0.15, 0.2) is 18.3 Å². The second-order valence-electron chi connectivity index (χ2n) is 7.15. The van der Waals surface area contributed by atoms with E-state index in [2.05, 4.69) is 0 Å². The molecule has 1 saturated heterocycles. The highest BCUT2D eigenvalue weighted by Gasteiger charge is 2.55. The largest absolute Gasteiger partial charge is 0.467 e. The molecular formula is C22H28O10. The first kappa shape index (κ1) is 25.1. The molecule has 1 fully saturated rings. The first-order valence-electron chi connectivity index (χ1n) is 10.2. The Kier molecular flexibility index (Phi) is 9.01. The van der Waals surface area contributed by atoms with Crippen molar-refractivity contribution in [3.8, 4) is 5.75 Å². The van der Waals surface area contributed by atoms with Gasteiger partial charge in [-0.3, -0.25) is 14.4 Å². The number of ether oxygens (including phenoxy) is 6. The van der Waals surface area contributed by atoms with Crippen LogP contribution in [-0.4, -0.2) is 61.7 Å². The molecule has 0 spiro atoms. The Bertz CT molecular complexity index is 836. The molecule has 0 radical (unpaired) electrons. The molecule has 176 valence electrons. The van der Waals surface area contributed by atoms with Gasteiger partial charge in [-0.2, -0.15) is 0 Å². The summed E-state index contributed by atoms with van der Waals surface area (Å²) in [6.45, 7) is 5.40. The second-order valence-corrected chi connectivity index (χ2v) is 7.15. The third-order valence-corrected chi connectivity index (χ3v) is 4.57. The van der Waals surface area contributed by atoms with Gasteiger partial charge < -0.3 is 28.4 Å². The van der Waals surface area contributed by atoms with E-state index in [0.717, 1.165) is 39.9 Å². The second kappa shape index (κ2) is 11.5. The third kappa shape index (κ3) is 6.43. The lowest BCUT2D eigenvalue weighted by Gasteiger charge is -2.43.